The molecular weight excluding hydrogens is 202 g/mol. The van der Waals surface area contributed by atoms with E-state index in [2.05, 4.69) is 22.5 Å². The van der Waals surface area contributed by atoms with Gasteiger partial charge in [0.2, 0.25) is 5.91 Å². The van der Waals surface area contributed by atoms with E-state index in [1.165, 1.54) is 11.1 Å². The van der Waals surface area contributed by atoms with Crippen LogP contribution in [0.4, 0.5) is 0 Å². The first-order valence-electron chi connectivity index (χ1n) is 5.55. The molecule has 4 nitrogen and oxygen atoms in total. The number of carbonyl (C=O) groups is 1. The van der Waals surface area contributed by atoms with Gasteiger partial charge in [-0.15, -0.1) is 0 Å². The summed E-state index contributed by atoms with van der Waals surface area (Å²) in [5.41, 5.74) is 2.45. The summed E-state index contributed by atoms with van der Waals surface area (Å²) in [5, 5.41) is 5.92. The zero-order valence-electron chi connectivity index (χ0n) is 9.92. The summed E-state index contributed by atoms with van der Waals surface area (Å²) >= 11 is 0. The Balaban J connectivity index is 2.17. The van der Waals surface area contributed by atoms with Crippen molar-refractivity contribution in [3.8, 4) is 0 Å². The Morgan fingerprint density at radius 1 is 1.50 bits per heavy atom. The molecule has 0 spiro atoms. The second kappa shape index (κ2) is 6.95. The van der Waals surface area contributed by atoms with Gasteiger partial charge in [-0.3, -0.25) is 9.78 Å². The molecule has 16 heavy (non-hydrogen) atoms. The predicted molar refractivity (Wildman–Crippen MR) is 64.0 cm³/mol. The highest BCUT2D eigenvalue weighted by Gasteiger charge is 1.98. The molecule has 0 aliphatic heterocycles. The van der Waals surface area contributed by atoms with Crippen molar-refractivity contribution in [2.45, 2.75) is 26.3 Å². The highest BCUT2D eigenvalue weighted by atomic mass is 16.1. The largest absolute Gasteiger partial charge is 0.359 e. The number of aryl methyl sites for hydroxylation is 1. The summed E-state index contributed by atoms with van der Waals surface area (Å²) in [4.78, 5) is 15.0. The Labute approximate surface area is 96.5 Å². The van der Waals surface area contributed by atoms with Crippen molar-refractivity contribution in [2.24, 2.45) is 0 Å². The Morgan fingerprint density at radius 3 is 3.00 bits per heavy atom. The van der Waals surface area contributed by atoms with Crippen LogP contribution in [0.1, 0.15) is 24.0 Å². The molecule has 0 fully saturated rings. The SMILES string of the molecule is CNC(=O)CCCNCc1ccncc1C. The van der Waals surface area contributed by atoms with Crippen molar-refractivity contribution in [1.82, 2.24) is 15.6 Å². The van der Waals surface area contributed by atoms with Gasteiger partial charge in [0.1, 0.15) is 0 Å². The molecule has 1 heterocycles. The minimum Gasteiger partial charge on any atom is -0.359 e. The highest BCUT2D eigenvalue weighted by Crippen LogP contribution is 2.03. The summed E-state index contributed by atoms with van der Waals surface area (Å²) in [6.07, 6.45) is 5.11. The van der Waals surface area contributed by atoms with Crippen molar-refractivity contribution in [1.29, 1.82) is 0 Å². The van der Waals surface area contributed by atoms with Crippen LogP contribution in [0, 0.1) is 6.92 Å². The Kier molecular flexibility index (Phi) is 5.50. The average Bonchev–Trinajstić information content (AvgIpc) is 2.30. The third-order valence-electron chi connectivity index (χ3n) is 2.49. The molecule has 1 aromatic heterocycles. The fraction of sp³-hybridized carbons (Fsp3) is 0.500. The molecule has 1 amide bonds. The zero-order valence-corrected chi connectivity index (χ0v) is 9.92. The van der Waals surface area contributed by atoms with E-state index in [1.807, 2.05) is 12.3 Å². The predicted octanol–water partition coefficient (Wildman–Crippen LogP) is 1.01. The van der Waals surface area contributed by atoms with E-state index in [-0.39, 0.29) is 5.91 Å². The number of rotatable bonds is 6. The lowest BCUT2D eigenvalue weighted by molar-refractivity contribution is -0.120. The Morgan fingerprint density at radius 2 is 2.31 bits per heavy atom. The van der Waals surface area contributed by atoms with E-state index in [1.54, 1.807) is 13.2 Å². The molecule has 0 aromatic carbocycles. The molecule has 0 saturated carbocycles. The van der Waals surface area contributed by atoms with Crippen LogP contribution in [0.15, 0.2) is 18.5 Å². The lowest BCUT2D eigenvalue weighted by atomic mass is 10.1. The fourth-order valence-electron chi connectivity index (χ4n) is 1.42. The quantitative estimate of drug-likeness (QED) is 0.705. The lowest BCUT2D eigenvalue weighted by Crippen LogP contribution is -2.21. The molecule has 0 radical (unpaired) electrons. The van der Waals surface area contributed by atoms with E-state index in [9.17, 15) is 4.79 Å². The number of pyridine rings is 1. The summed E-state index contributed by atoms with van der Waals surface area (Å²) in [6, 6.07) is 2.01. The van der Waals surface area contributed by atoms with E-state index >= 15 is 0 Å². The van der Waals surface area contributed by atoms with Gasteiger partial charge in [0.15, 0.2) is 0 Å². The number of nitrogens with one attached hydrogen (secondary N) is 2. The minimum absolute atomic E-state index is 0.0990. The van der Waals surface area contributed by atoms with E-state index in [0.29, 0.717) is 6.42 Å². The molecule has 0 saturated heterocycles. The molecule has 4 heteroatoms. The van der Waals surface area contributed by atoms with Crippen molar-refractivity contribution in [2.75, 3.05) is 13.6 Å². The Bertz CT molecular complexity index is 339. The minimum atomic E-state index is 0.0990. The zero-order chi connectivity index (χ0) is 11.8. The maximum absolute atomic E-state index is 11.0. The standard InChI is InChI=1S/C12H19N3O/c1-10-8-15-7-5-11(10)9-14-6-3-4-12(16)13-2/h5,7-8,14H,3-4,6,9H2,1-2H3,(H,13,16). The first-order valence-corrected chi connectivity index (χ1v) is 5.55. The number of hydrogen-bond acceptors (Lipinski definition) is 3. The maximum Gasteiger partial charge on any atom is 0.219 e. The van der Waals surface area contributed by atoms with Crippen LogP contribution in [0.2, 0.25) is 0 Å². The van der Waals surface area contributed by atoms with Crippen molar-refractivity contribution >= 4 is 5.91 Å². The molecule has 0 bridgehead atoms. The summed E-state index contributed by atoms with van der Waals surface area (Å²) in [6.45, 7) is 3.74. The Hall–Kier alpha value is -1.42. The van der Waals surface area contributed by atoms with E-state index < -0.39 is 0 Å². The van der Waals surface area contributed by atoms with Gasteiger partial charge in [-0.1, -0.05) is 0 Å². The summed E-state index contributed by atoms with van der Waals surface area (Å²) < 4.78 is 0. The molecule has 0 aliphatic rings. The normalized spacial score (nSPS) is 10.1. The third-order valence-corrected chi connectivity index (χ3v) is 2.49. The van der Waals surface area contributed by atoms with Gasteiger partial charge in [0, 0.05) is 32.4 Å². The fourth-order valence-corrected chi connectivity index (χ4v) is 1.42. The maximum atomic E-state index is 11.0. The van der Waals surface area contributed by atoms with Gasteiger partial charge < -0.3 is 10.6 Å². The monoisotopic (exact) mass is 221 g/mol. The average molecular weight is 221 g/mol. The molecule has 0 atom stereocenters. The molecule has 0 unspecified atom stereocenters. The third kappa shape index (κ3) is 4.40. The second-order valence-corrected chi connectivity index (χ2v) is 3.76. The summed E-state index contributed by atoms with van der Waals surface area (Å²) in [7, 11) is 1.66. The molecule has 1 rings (SSSR count). The van der Waals surface area contributed by atoms with Crippen LogP contribution in [0.5, 0.6) is 0 Å². The molecule has 2 N–H and O–H groups in total. The van der Waals surface area contributed by atoms with Gasteiger partial charge in [-0.25, -0.2) is 0 Å². The van der Waals surface area contributed by atoms with Gasteiger partial charge in [0.25, 0.3) is 0 Å². The smallest absolute Gasteiger partial charge is 0.219 e. The second-order valence-electron chi connectivity index (χ2n) is 3.76. The molecule has 88 valence electrons. The topological polar surface area (TPSA) is 54.0 Å². The number of nitrogens with zero attached hydrogens (tertiary/aromatic N) is 1. The highest BCUT2D eigenvalue weighted by molar-refractivity contribution is 5.75. The van der Waals surface area contributed by atoms with Crippen molar-refractivity contribution in [3.63, 3.8) is 0 Å². The van der Waals surface area contributed by atoms with Crippen molar-refractivity contribution < 1.29 is 4.79 Å². The van der Waals surface area contributed by atoms with Crippen LogP contribution < -0.4 is 10.6 Å². The van der Waals surface area contributed by atoms with Crippen LogP contribution in [-0.4, -0.2) is 24.5 Å². The van der Waals surface area contributed by atoms with Gasteiger partial charge >= 0.3 is 0 Å². The first kappa shape index (κ1) is 12.6. The number of carbonyl (C=O) groups excluding carboxylic acids is 1. The van der Waals surface area contributed by atoms with Gasteiger partial charge in [0.05, 0.1) is 0 Å². The summed E-state index contributed by atoms with van der Waals surface area (Å²) in [5.74, 6) is 0.0990. The van der Waals surface area contributed by atoms with Gasteiger partial charge in [-0.2, -0.15) is 0 Å². The van der Waals surface area contributed by atoms with Crippen LogP contribution in [-0.2, 0) is 11.3 Å². The van der Waals surface area contributed by atoms with E-state index in [0.717, 1.165) is 19.5 Å². The van der Waals surface area contributed by atoms with E-state index in [4.69, 9.17) is 0 Å². The van der Waals surface area contributed by atoms with Crippen LogP contribution in [0.25, 0.3) is 0 Å². The molecule has 0 aliphatic carbocycles. The number of aromatic nitrogens is 1. The number of amides is 1. The lowest BCUT2D eigenvalue weighted by Gasteiger charge is -2.06. The van der Waals surface area contributed by atoms with Crippen LogP contribution in [0.3, 0.4) is 0 Å². The first-order chi connectivity index (χ1) is 7.74. The van der Waals surface area contributed by atoms with Crippen LogP contribution >= 0.6 is 0 Å². The number of hydrogen-bond donors (Lipinski definition) is 2. The van der Waals surface area contributed by atoms with Crippen molar-refractivity contribution in [3.05, 3.63) is 29.6 Å². The molecular formula is C12H19N3O. The molecule has 1 aromatic rings. The van der Waals surface area contributed by atoms with Gasteiger partial charge in [-0.05, 0) is 37.1 Å².